The maximum Gasteiger partial charge on any atom is 0.130 e. The summed E-state index contributed by atoms with van der Waals surface area (Å²) < 4.78 is 3.03. The van der Waals surface area contributed by atoms with Gasteiger partial charge in [-0.05, 0) is 30.7 Å². The lowest BCUT2D eigenvalue weighted by Crippen LogP contribution is -2.26. The van der Waals surface area contributed by atoms with Crippen LogP contribution in [0.2, 0.25) is 5.02 Å². The Kier molecular flexibility index (Phi) is 5.02. The van der Waals surface area contributed by atoms with E-state index >= 15 is 0 Å². The van der Waals surface area contributed by atoms with Crippen molar-refractivity contribution in [1.29, 1.82) is 0 Å². The third kappa shape index (κ3) is 3.38. The Bertz CT molecular complexity index is 553. The van der Waals surface area contributed by atoms with Crippen LogP contribution in [0.25, 0.3) is 0 Å². The molecule has 1 unspecified atom stereocenters. The molecule has 0 bridgehead atoms. The second-order valence-corrected chi connectivity index (χ2v) is 5.74. The van der Waals surface area contributed by atoms with E-state index in [9.17, 15) is 0 Å². The van der Waals surface area contributed by atoms with E-state index in [1.54, 1.807) is 0 Å². The van der Waals surface area contributed by atoms with Crippen molar-refractivity contribution in [3.63, 3.8) is 0 Å². The number of aryl methyl sites for hydroxylation is 1. The molecule has 0 fully saturated rings. The summed E-state index contributed by atoms with van der Waals surface area (Å²) in [6.45, 7) is 3.09. The number of hydrogen-bond donors (Lipinski definition) is 1. The zero-order valence-electron chi connectivity index (χ0n) is 11.0. The van der Waals surface area contributed by atoms with Crippen molar-refractivity contribution in [3.8, 4) is 0 Å². The highest BCUT2D eigenvalue weighted by atomic mass is 79.9. The van der Waals surface area contributed by atoms with E-state index in [0.717, 1.165) is 33.8 Å². The van der Waals surface area contributed by atoms with Crippen LogP contribution in [0, 0.1) is 0 Å². The predicted molar refractivity (Wildman–Crippen MR) is 82.5 cm³/mol. The maximum absolute atomic E-state index is 6.01. The first-order valence-corrected chi connectivity index (χ1v) is 7.46. The standard InChI is InChI=1S/C14H17BrClN3/c1-3-6-17-13(14-18-7-8-19(14)2)11-5-4-10(16)9-12(11)15/h4-5,7-9,13,17H,3,6H2,1-2H3. The minimum absolute atomic E-state index is 0.0617. The molecule has 1 aromatic heterocycles. The Morgan fingerprint density at radius 3 is 2.84 bits per heavy atom. The molecule has 0 radical (unpaired) electrons. The van der Waals surface area contributed by atoms with Gasteiger partial charge in [-0.1, -0.05) is 40.5 Å². The van der Waals surface area contributed by atoms with E-state index in [1.807, 2.05) is 42.2 Å². The maximum atomic E-state index is 6.01. The largest absolute Gasteiger partial charge is 0.336 e. The second-order valence-electron chi connectivity index (χ2n) is 4.45. The van der Waals surface area contributed by atoms with Gasteiger partial charge >= 0.3 is 0 Å². The van der Waals surface area contributed by atoms with Gasteiger partial charge in [-0.2, -0.15) is 0 Å². The van der Waals surface area contributed by atoms with Crippen molar-refractivity contribution in [3.05, 3.63) is 51.5 Å². The zero-order chi connectivity index (χ0) is 13.8. The first kappa shape index (κ1) is 14.6. The van der Waals surface area contributed by atoms with Gasteiger partial charge in [0.2, 0.25) is 0 Å². The van der Waals surface area contributed by atoms with Crippen molar-refractivity contribution >= 4 is 27.5 Å². The molecule has 1 atom stereocenters. The summed E-state index contributed by atoms with van der Waals surface area (Å²) >= 11 is 9.60. The highest BCUT2D eigenvalue weighted by molar-refractivity contribution is 9.10. The van der Waals surface area contributed by atoms with Crippen LogP contribution in [0.1, 0.15) is 30.8 Å². The Labute approximate surface area is 127 Å². The second kappa shape index (κ2) is 6.55. The van der Waals surface area contributed by atoms with E-state index in [-0.39, 0.29) is 6.04 Å². The van der Waals surface area contributed by atoms with E-state index in [4.69, 9.17) is 11.6 Å². The molecule has 0 aliphatic heterocycles. The fourth-order valence-electron chi connectivity index (χ4n) is 2.02. The molecule has 2 aromatic rings. The van der Waals surface area contributed by atoms with Crippen LogP contribution >= 0.6 is 27.5 Å². The molecule has 1 N–H and O–H groups in total. The van der Waals surface area contributed by atoms with Crippen molar-refractivity contribution in [2.75, 3.05) is 6.54 Å². The molecule has 0 amide bonds. The van der Waals surface area contributed by atoms with Gasteiger partial charge in [0.25, 0.3) is 0 Å². The first-order chi connectivity index (χ1) is 9.13. The number of halogens is 2. The highest BCUT2D eigenvalue weighted by Gasteiger charge is 2.19. The Morgan fingerprint density at radius 1 is 1.47 bits per heavy atom. The quantitative estimate of drug-likeness (QED) is 0.892. The highest BCUT2D eigenvalue weighted by Crippen LogP contribution is 2.30. The van der Waals surface area contributed by atoms with Crippen LogP contribution in [-0.4, -0.2) is 16.1 Å². The lowest BCUT2D eigenvalue weighted by atomic mass is 10.1. The lowest BCUT2D eigenvalue weighted by Gasteiger charge is -2.20. The fraction of sp³-hybridized carbons (Fsp3) is 0.357. The third-order valence-corrected chi connectivity index (χ3v) is 3.91. The number of imidazole rings is 1. The van der Waals surface area contributed by atoms with Gasteiger partial charge < -0.3 is 9.88 Å². The van der Waals surface area contributed by atoms with Crippen molar-refractivity contribution in [1.82, 2.24) is 14.9 Å². The molecule has 2 rings (SSSR count). The van der Waals surface area contributed by atoms with Gasteiger partial charge in [0.15, 0.2) is 0 Å². The average molecular weight is 343 g/mol. The molecule has 102 valence electrons. The molecule has 0 saturated heterocycles. The molecular formula is C14H17BrClN3. The van der Waals surface area contributed by atoms with Crippen molar-refractivity contribution in [2.45, 2.75) is 19.4 Å². The third-order valence-electron chi connectivity index (χ3n) is 2.99. The number of benzene rings is 1. The molecule has 0 spiro atoms. The molecule has 19 heavy (non-hydrogen) atoms. The molecule has 5 heteroatoms. The lowest BCUT2D eigenvalue weighted by molar-refractivity contribution is 0.554. The molecular weight excluding hydrogens is 326 g/mol. The summed E-state index contributed by atoms with van der Waals surface area (Å²) in [6, 6.07) is 5.92. The van der Waals surface area contributed by atoms with E-state index in [2.05, 4.69) is 33.2 Å². The van der Waals surface area contributed by atoms with E-state index in [0.29, 0.717) is 0 Å². The van der Waals surface area contributed by atoms with Gasteiger partial charge in [-0.15, -0.1) is 0 Å². The molecule has 1 aromatic carbocycles. The van der Waals surface area contributed by atoms with E-state index < -0.39 is 0 Å². The monoisotopic (exact) mass is 341 g/mol. The summed E-state index contributed by atoms with van der Waals surface area (Å²) in [5.41, 5.74) is 1.15. The van der Waals surface area contributed by atoms with Crippen LogP contribution in [0.3, 0.4) is 0 Å². The SMILES string of the molecule is CCCNC(c1ccc(Cl)cc1Br)c1nccn1C. The number of hydrogen-bond acceptors (Lipinski definition) is 2. The summed E-state index contributed by atoms with van der Waals surface area (Å²) in [6.07, 6.45) is 4.85. The van der Waals surface area contributed by atoms with Crippen molar-refractivity contribution in [2.24, 2.45) is 7.05 Å². The predicted octanol–water partition coefficient (Wildman–Crippen LogP) is 3.93. The fourth-order valence-corrected chi connectivity index (χ4v) is 2.93. The molecule has 3 nitrogen and oxygen atoms in total. The summed E-state index contributed by atoms with van der Waals surface area (Å²) in [4.78, 5) is 4.46. The van der Waals surface area contributed by atoms with E-state index in [1.165, 1.54) is 0 Å². The Morgan fingerprint density at radius 2 is 2.26 bits per heavy atom. The number of aromatic nitrogens is 2. The molecule has 1 heterocycles. The van der Waals surface area contributed by atoms with Crippen LogP contribution < -0.4 is 5.32 Å². The van der Waals surface area contributed by atoms with Crippen LogP contribution in [0.5, 0.6) is 0 Å². The van der Waals surface area contributed by atoms with Gasteiger partial charge in [0.05, 0.1) is 6.04 Å². The Hall–Kier alpha value is -0.840. The number of rotatable bonds is 5. The number of nitrogens with one attached hydrogen (secondary N) is 1. The summed E-state index contributed by atoms with van der Waals surface area (Å²) in [5.74, 6) is 0.997. The summed E-state index contributed by atoms with van der Waals surface area (Å²) in [5, 5.41) is 4.26. The van der Waals surface area contributed by atoms with Gasteiger partial charge in [-0.3, -0.25) is 0 Å². The molecule has 0 saturated carbocycles. The smallest absolute Gasteiger partial charge is 0.130 e. The molecule has 0 aliphatic carbocycles. The average Bonchev–Trinajstić information content (AvgIpc) is 2.78. The Balaban J connectivity index is 2.40. The van der Waals surface area contributed by atoms with Crippen molar-refractivity contribution < 1.29 is 0 Å². The minimum Gasteiger partial charge on any atom is -0.336 e. The van der Waals surface area contributed by atoms with Crippen LogP contribution in [-0.2, 0) is 7.05 Å². The number of nitrogens with zero attached hydrogens (tertiary/aromatic N) is 2. The first-order valence-electron chi connectivity index (χ1n) is 6.29. The summed E-state index contributed by atoms with van der Waals surface area (Å²) in [7, 11) is 2.01. The zero-order valence-corrected chi connectivity index (χ0v) is 13.4. The minimum atomic E-state index is 0.0617. The molecule has 0 aliphatic rings. The van der Waals surface area contributed by atoms with Crippen LogP contribution in [0.4, 0.5) is 0 Å². The van der Waals surface area contributed by atoms with Gasteiger partial charge in [-0.25, -0.2) is 4.98 Å². The van der Waals surface area contributed by atoms with Gasteiger partial charge in [0, 0.05) is 28.9 Å². The van der Waals surface area contributed by atoms with Gasteiger partial charge in [0.1, 0.15) is 5.82 Å². The normalized spacial score (nSPS) is 12.6. The van der Waals surface area contributed by atoms with Crippen LogP contribution in [0.15, 0.2) is 35.1 Å². The topological polar surface area (TPSA) is 29.9 Å².